The first-order valence-corrected chi connectivity index (χ1v) is 13.8. The average Bonchev–Trinajstić information content (AvgIpc) is 3.24. The summed E-state index contributed by atoms with van der Waals surface area (Å²) in [6, 6.07) is 7.62. The Bertz CT molecular complexity index is 1480. The second-order valence-electron chi connectivity index (χ2n) is 9.67. The molecular weight excluding hydrogens is 523 g/mol. The third-order valence-corrected chi connectivity index (χ3v) is 8.62. The van der Waals surface area contributed by atoms with Crippen LogP contribution in [0, 0.1) is 11.7 Å². The Morgan fingerprint density at radius 3 is 2.76 bits per heavy atom. The van der Waals surface area contributed by atoms with Crippen molar-refractivity contribution in [1.82, 2.24) is 18.6 Å². The molecule has 0 spiro atoms. The zero-order valence-corrected chi connectivity index (χ0v) is 21.7. The average molecular weight is 552 g/mol. The summed E-state index contributed by atoms with van der Waals surface area (Å²) in [5.74, 6) is -4.67. The van der Waals surface area contributed by atoms with Crippen LogP contribution in [0.3, 0.4) is 0 Å². The molecule has 3 heterocycles. The third kappa shape index (κ3) is 5.17. The minimum Gasteiger partial charge on any atom is -0.493 e. The lowest BCUT2D eigenvalue weighted by Crippen LogP contribution is -2.41. The van der Waals surface area contributed by atoms with E-state index in [1.165, 1.54) is 29.9 Å². The van der Waals surface area contributed by atoms with Gasteiger partial charge in [-0.3, -0.25) is 4.79 Å². The number of amides is 1. The van der Waals surface area contributed by atoms with Crippen LogP contribution in [0.2, 0.25) is 0 Å². The van der Waals surface area contributed by atoms with E-state index in [0.717, 1.165) is 22.8 Å². The van der Waals surface area contributed by atoms with E-state index in [2.05, 4.69) is 14.7 Å². The number of nitrogens with zero attached hydrogens (tertiary/aromatic N) is 4. The van der Waals surface area contributed by atoms with E-state index in [-0.39, 0.29) is 36.9 Å². The van der Waals surface area contributed by atoms with Gasteiger partial charge in [0, 0.05) is 44.5 Å². The molecule has 204 valence electrons. The number of rotatable bonds is 9. The van der Waals surface area contributed by atoms with Gasteiger partial charge in [0.1, 0.15) is 11.6 Å². The fourth-order valence-corrected chi connectivity index (χ4v) is 5.51. The molecule has 1 saturated heterocycles. The number of benzene rings is 1. The summed E-state index contributed by atoms with van der Waals surface area (Å²) in [5, 5.41) is 4.16. The van der Waals surface area contributed by atoms with Crippen molar-refractivity contribution in [1.29, 1.82) is 0 Å². The molecule has 2 aliphatic rings. The third-order valence-electron chi connectivity index (χ3n) is 7.10. The smallest absolute Gasteiger partial charge is 0.303 e. The first-order chi connectivity index (χ1) is 18.0. The molecule has 1 saturated carbocycles. The van der Waals surface area contributed by atoms with Crippen molar-refractivity contribution in [2.45, 2.75) is 38.2 Å². The minimum atomic E-state index is -4.00. The molecule has 3 aromatic rings. The van der Waals surface area contributed by atoms with Crippen LogP contribution in [0.5, 0.6) is 5.75 Å². The Kier molecular flexibility index (Phi) is 6.76. The number of carbonyl (C=O) groups is 1. The number of nitrogens with one attached hydrogen (secondary N) is 1. The normalized spacial score (nSPS) is 20.7. The summed E-state index contributed by atoms with van der Waals surface area (Å²) in [7, 11) is -2.64. The first kappa shape index (κ1) is 26.3. The zero-order valence-electron chi connectivity index (χ0n) is 20.9. The Hall–Kier alpha value is -3.32. The highest BCUT2D eigenvalue weighted by Crippen LogP contribution is 2.48. The molecule has 13 heteroatoms. The lowest BCUT2D eigenvalue weighted by atomic mass is 10.0. The Balaban J connectivity index is 1.39. The van der Waals surface area contributed by atoms with Crippen molar-refractivity contribution in [3.05, 3.63) is 59.7 Å². The number of pyridine rings is 1. The SMILES string of the molecule is CCN(C)S(=O)(=O)NC(=O)c1cnn2ccc(N3CCC[C@@H]3c3cc(F)cc(OCC4CC4(F)F)c3)cc12. The lowest BCUT2D eigenvalue weighted by molar-refractivity contribution is 0.0855. The summed E-state index contributed by atoms with van der Waals surface area (Å²) >= 11 is 0. The minimum absolute atomic E-state index is 0.0917. The number of alkyl halides is 2. The highest BCUT2D eigenvalue weighted by molar-refractivity contribution is 7.87. The van der Waals surface area contributed by atoms with Gasteiger partial charge in [-0.2, -0.15) is 17.8 Å². The number of hydrogen-bond donors (Lipinski definition) is 1. The van der Waals surface area contributed by atoms with Crippen LogP contribution in [0.1, 0.15) is 48.1 Å². The van der Waals surface area contributed by atoms with E-state index >= 15 is 0 Å². The van der Waals surface area contributed by atoms with E-state index in [1.54, 1.807) is 25.3 Å². The van der Waals surface area contributed by atoms with Crippen molar-refractivity contribution >= 4 is 27.3 Å². The molecule has 5 rings (SSSR count). The quantitative estimate of drug-likeness (QED) is 0.435. The zero-order chi connectivity index (χ0) is 27.2. The van der Waals surface area contributed by atoms with Gasteiger partial charge < -0.3 is 9.64 Å². The Labute approximate surface area is 218 Å². The molecule has 1 unspecified atom stereocenters. The maximum atomic E-state index is 14.5. The van der Waals surface area contributed by atoms with E-state index in [0.29, 0.717) is 17.6 Å². The van der Waals surface area contributed by atoms with Gasteiger partial charge >= 0.3 is 10.2 Å². The van der Waals surface area contributed by atoms with Crippen LogP contribution in [-0.4, -0.2) is 60.9 Å². The highest BCUT2D eigenvalue weighted by Gasteiger charge is 2.57. The maximum Gasteiger partial charge on any atom is 0.303 e. The predicted octanol–water partition coefficient (Wildman–Crippen LogP) is 3.78. The number of aromatic nitrogens is 2. The van der Waals surface area contributed by atoms with Gasteiger partial charge in [0.25, 0.3) is 11.8 Å². The Morgan fingerprint density at radius 1 is 1.29 bits per heavy atom. The van der Waals surface area contributed by atoms with E-state index < -0.39 is 33.8 Å². The van der Waals surface area contributed by atoms with Gasteiger partial charge in [0.15, 0.2) is 0 Å². The molecule has 2 atom stereocenters. The summed E-state index contributed by atoms with van der Waals surface area (Å²) in [6.45, 7) is 2.33. The van der Waals surface area contributed by atoms with Gasteiger partial charge in [-0.05, 0) is 42.7 Å². The molecule has 9 nitrogen and oxygen atoms in total. The second-order valence-corrected chi connectivity index (χ2v) is 11.4. The van der Waals surface area contributed by atoms with E-state index in [1.807, 2.05) is 6.07 Å². The number of halogens is 3. The van der Waals surface area contributed by atoms with Crippen molar-refractivity contribution in [2.24, 2.45) is 5.92 Å². The number of anilines is 1. The molecule has 1 aliphatic carbocycles. The molecule has 38 heavy (non-hydrogen) atoms. The topological polar surface area (TPSA) is 96.2 Å². The molecule has 1 N–H and O–H groups in total. The maximum absolute atomic E-state index is 14.5. The summed E-state index contributed by atoms with van der Waals surface area (Å²) in [6.07, 6.45) is 4.30. The van der Waals surface area contributed by atoms with Gasteiger partial charge in [-0.1, -0.05) is 6.92 Å². The van der Waals surface area contributed by atoms with E-state index in [9.17, 15) is 26.4 Å². The van der Waals surface area contributed by atoms with Crippen molar-refractivity contribution in [2.75, 3.05) is 31.6 Å². The van der Waals surface area contributed by atoms with Crippen LogP contribution >= 0.6 is 0 Å². The van der Waals surface area contributed by atoms with Crippen LogP contribution < -0.4 is 14.4 Å². The first-order valence-electron chi connectivity index (χ1n) is 12.3. The van der Waals surface area contributed by atoms with Crippen LogP contribution in [0.4, 0.5) is 18.9 Å². The molecule has 1 aromatic carbocycles. The van der Waals surface area contributed by atoms with Gasteiger partial charge in [0.05, 0.1) is 35.8 Å². The predicted molar refractivity (Wildman–Crippen MR) is 134 cm³/mol. The molecule has 2 fully saturated rings. The summed E-state index contributed by atoms with van der Waals surface area (Å²) in [4.78, 5) is 14.9. The van der Waals surface area contributed by atoms with Crippen LogP contribution in [-0.2, 0) is 10.2 Å². The van der Waals surface area contributed by atoms with Crippen molar-refractivity contribution in [3.8, 4) is 5.75 Å². The second kappa shape index (κ2) is 9.77. The van der Waals surface area contributed by atoms with E-state index in [4.69, 9.17) is 4.74 Å². The number of hydrogen-bond acceptors (Lipinski definition) is 6. The lowest BCUT2D eigenvalue weighted by Gasteiger charge is -2.28. The molecule has 0 bridgehead atoms. The summed E-state index contributed by atoms with van der Waals surface area (Å²) in [5.41, 5.74) is 1.90. The molecule has 0 radical (unpaired) electrons. The summed E-state index contributed by atoms with van der Waals surface area (Å²) < 4.78 is 75.6. The fourth-order valence-electron chi connectivity index (χ4n) is 4.67. The Morgan fingerprint density at radius 2 is 2.05 bits per heavy atom. The van der Waals surface area contributed by atoms with Crippen LogP contribution in [0.15, 0.2) is 42.7 Å². The number of fused-ring (bicyclic) bond motifs is 1. The molecular formula is C25H28F3N5O4S. The molecule has 1 aliphatic heterocycles. The van der Waals surface area contributed by atoms with Crippen LogP contribution in [0.25, 0.3) is 5.52 Å². The monoisotopic (exact) mass is 551 g/mol. The van der Waals surface area contributed by atoms with Crippen molar-refractivity contribution in [3.63, 3.8) is 0 Å². The number of ether oxygens (including phenoxy) is 1. The van der Waals surface area contributed by atoms with Gasteiger partial charge in [-0.15, -0.1) is 0 Å². The standard InChI is InChI=1S/C25H28F3N5O4S/c1-3-31(2)38(35,36)30-24(34)21-14-29-33-8-6-19(12-23(21)33)32-7-4-5-22(32)16-9-18(26)11-20(10-16)37-15-17-13-25(17,27)28/h6,8-12,14,17,22H,3-5,7,13,15H2,1-2H3,(H,30,34)/t17?,22-/m1/s1. The molecule has 1 amide bonds. The van der Waals surface area contributed by atoms with Gasteiger partial charge in [-0.25, -0.2) is 22.4 Å². The highest BCUT2D eigenvalue weighted by atomic mass is 32.2. The van der Waals surface area contributed by atoms with Gasteiger partial charge in [0.2, 0.25) is 0 Å². The largest absolute Gasteiger partial charge is 0.493 e. The fraction of sp³-hybridized carbons (Fsp3) is 0.440. The number of carbonyl (C=O) groups excluding carboxylic acids is 1. The molecule has 2 aromatic heterocycles. The van der Waals surface area contributed by atoms with Crippen molar-refractivity contribution < 1.29 is 31.1 Å².